The number of benzene rings is 1. The van der Waals surface area contributed by atoms with Crippen LogP contribution in [0.2, 0.25) is 0 Å². The monoisotopic (exact) mass is 369 g/mol. The fraction of sp³-hybridized carbons (Fsp3) is 0.571. The third kappa shape index (κ3) is 4.49. The molecule has 2 aromatic rings. The molecule has 1 aliphatic carbocycles. The molecule has 2 heterocycles. The lowest BCUT2D eigenvalue weighted by molar-refractivity contribution is -0.131. The standard InChI is InChI=1S/C21H27N3O3/c1-15-6-8-18(9-7-15)26-14-19-22-21(23-27-19)17-10-11-24(13-17)20(25)12-16-4-2-3-5-16/h6-9,16-17H,2-5,10-14H2,1H3. The highest BCUT2D eigenvalue weighted by Crippen LogP contribution is 2.30. The summed E-state index contributed by atoms with van der Waals surface area (Å²) in [5.74, 6) is 2.98. The number of ether oxygens (including phenoxy) is 1. The molecule has 1 saturated carbocycles. The van der Waals surface area contributed by atoms with E-state index in [2.05, 4.69) is 10.1 Å². The van der Waals surface area contributed by atoms with Gasteiger partial charge < -0.3 is 14.2 Å². The van der Waals surface area contributed by atoms with Gasteiger partial charge in [0.15, 0.2) is 12.4 Å². The van der Waals surface area contributed by atoms with Gasteiger partial charge in [0.1, 0.15) is 5.75 Å². The summed E-state index contributed by atoms with van der Waals surface area (Å²) < 4.78 is 11.0. The molecular formula is C21H27N3O3. The van der Waals surface area contributed by atoms with Crippen molar-refractivity contribution >= 4 is 5.91 Å². The summed E-state index contributed by atoms with van der Waals surface area (Å²) in [7, 11) is 0. The van der Waals surface area contributed by atoms with Crippen LogP contribution in [0.5, 0.6) is 5.75 Å². The number of carbonyl (C=O) groups excluding carboxylic acids is 1. The Morgan fingerprint density at radius 1 is 1.22 bits per heavy atom. The van der Waals surface area contributed by atoms with Crippen LogP contribution in [0, 0.1) is 12.8 Å². The molecule has 0 radical (unpaired) electrons. The summed E-state index contributed by atoms with van der Waals surface area (Å²) in [6.45, 7) is 3.79. The number of aromatic nitrogens is 2. The minimum Gasteiger partial charge on any atom is -0.484 e. The molecule has 2 aliphatic rings. The first kappa shape index (κ1) is 18.0. The zero-order valence-corrected chi connectivity index (χ0v) is 15.9. The van der Waals surface area contributed by atoms with Crippen LogP contribution in [0.4, 0.5) is 0 Å². The first-order valence-electron chi connectivity index (χ1n) is 9.97. The minimum atomic E-state index is 0.161. The maximum atomic E-state index is 12.5. The van der Waals surface area contributed by atoms with Crippen molar-refractivity contribution in [2.45, 2.75) is 58.0 Å². The van der Waals surface area contributed by atoms with Gasteiger partial charge in [0.05, 0.1) is 0 Å². The molecule has 6 nitrogen and oxygen atoms in total. The Morgan fingerprint density at radius 3 is 2.78 bits per heavy atom. The van der Waals surface area contributed by atoms with Crippen molar-refractivity contribution in [1.29, 1.82) is 0 Å². The van der Waals surface area contributed by atoms with Gasteiger partial charge in [-0.2, -0.15) is 4.98 Å². The lowest BCUT2D eigenvalue weighted by Gasteiger charge is -2.18. The van der Waals surface area contributed by atoms with Crippen LogP contribution >= 0.6 is 0 Å². The number of hydrogen-bond acceptors (Lipinski definition) is 5. The van der Waals surface area contributed by atoms with E-state index >= 15 is 0 Å². The highest BCUT2D eigenvalue weighted by atomic mass is 16.5. The lowest BCUT2D eigenvalue weighted by Crippen LogP contribution is -2.29. The van der Waals surface area contributed by atoms with Gasteiger partial charge in [-0.25, -0.2) is 0 Å². The largest absolute Gasteiger partial charge is 0.484 e. The summed E-state index contributed by atoms with van der Waals surface area (Å²) in [6.07, 6.45) is 6.56. The van der Waals surface area contributed by atoms with Crippen molar-refractivity contribution in [3.8, 4) is 5.75 Å². The Labute approximate surface area is 159 Å². The summed E-state index contributed by atoms with van der Waals surface area (Å²) in [5.41, 5.74) is 1.19. The van der Waals surface area contributed by atoms with Crippen LogP contribution in [0.1, 0.15) is 61.7 Å². The predicted molar refractivity (Wildman–Crippen MR) is 100 cm³/mol. The number of nitrogens with zero attached hydrogens (tertiary/aromatic N) is 3. The fourth-order valence-corrected chi connectivity index (χ4v) is 4.06. The number of aryl methyl sites for hydroxylation is 1. The lowest BCUT2D eigenvalue weighted by atomic mass is 10.0. The van der Waals surface area contributed by atoms with E-state index in [4.69, 9.17) is 9.26 Å². The first-order valence-corrected chi connectivity index (χ1v) is 9.97. The van der Waals surface area contributed by atoms with Gasteiger partial charge in [0.25, 0.3) is 5.89 Å². The Morgan fingerprint density at radius 2 is 2.00 bits per heavy atom. The quantitative estimate of drug-likeness (QED) is 0.773. The SMILES string of the molecule is Cc1ccc(OCc2nc(C3CCN(C(=O)CC4CCCC4)C3)no2)cc1. The number of amides is 1. The molecule has 1 aliphatic heterocycles. The van der Waals surface area contributed by atoms with Crippen LogP contribution in [-0.2, 0) is 11.4 Å². The number of hydrogen-bond donors (Lipinski definition) is 0. The van der Waals surface area contributed by atoms with Crippen LogP contribution in [0.25, 0.3) is 0 Å². The summed E-state index contributed by atoms with van der Waals surface area (Å²) in [6, 6.07) is 7.86. The zero-order chi connectivity index (χ0) is 18.6. The fourth-order valence-electron chi connectivity index (χ4n) is 4.06. The van der Waals surface area contributed by atoms with E-state index < -0.39 is 0 Å². The third-order valence-corrected chi connectivity index (χ3v) is 5.71. The number of rotatable bonds is 6. The van der Waals surface area contributed by atoms with E-state index in [0.717, 1.165) is 18.7 Å². The molecule has 27 heavy (non-hydrogen) atoms. The van der Waals surface area contributed by atoms with Crippen molar-refractivity contribution in [1.82, 2.24) is 15.0 Å². The third-order valence-electron chi connectivity index (χ3n) is 5.71. The van der Waals surface area contributed by atoms with Gasteiger partial charge >= 0.3 is 0 Å². The highest BCUT2D eigenvalue weighted by molar-refractivity contribution is 5.76. The van der Waals surface area contributed by atoms with Crippen molar-refractivity contribution in [3.63, 3.8) is 0 Å². The second-order valence-corrected chi connectivity index (χ2v) is 7.83. The molecule has 4 rings (SSSR count). The molecule has 0 bridgehead atoms. The van der Waals surface area contributed by atoms with E-state index in [1.807, 2.05) is 36.1 Å². The van der Waals surface area contributed by atoms with Crippen LogP contribution < -0.4 is 4.74 Å². The predicted octanol–water partition coefficient (Wildman–Crippen LogP) is 3.85. The van der Waals surface area contributed by atoms with Crippen molar-refractivity contribution in [2.75, 3.05) is 13.1 Å². The average Bonchev–Trinajstić information content (AvgIpc) is 3.42. The highest BCUT2D eigenvalue weighted by Gasteiger charge is 2.31. The maximum absolute atomic E-state index is 12.5. The average molecular weight is 369 g/mol. The molecule has 1 saturated heterocycles. The van der Waals surface area contributed by atoms with Crippen molar-refractivity contribution < 1.29 is 14.1 Å². The minimum absolute atomic E-state index is 0.161. The van der Waals surface area contributed by atoms with Gasteiger partial charge in [0.2, 0.25) is 5.91 Å². The topological polar surface area (TPSA) is 68.5 Å². The normalized spacial score (nSPS) is 20.3. The molecule has 0 N–H and O–H groups in total. The van der Waals surface area contributed by atoms with Crippen LogP contribution in [-0.4, -0.2) is 34.0 Å². The Balaban J connectivity index is 1.28. The molecule has 6 heteroatoms. The van der Waals surface area contributed by atoms with E-state index in [0.29, 0.717) is 30.6 Å². The zero-order valence-electron chi connectivity index (χ0n) is 15.9. The molecule has 1 atom stereocenters. The van der Waals surface area contributed by atoms with Crippen molar-refractivity contribution in [2.24, 2.45) is 5.92 Å². The van der Waals surface area contributed by atoms with Crippen LogP contribution in [0.15, 0.2) is 28.8 Å². The number of carbonyl (C=O) groups is 1. The molecular weight excluding hydrogens is 342 g/mol. The molecule has 1 unspecified atom stereocenters. The maximum Gasteiger partial charge on any atom is 0.264 e. The second kappa shape index (κ2) is 8.11. The summed E-state index contributed by atoms with van der Waals surface area (Å²) >= 11 is 0. The smallest absolute Gasteiger partial charge is 0.264 e. The van der Waals surface area contributed by atoms with Crippen LogP contribution in [0.3, 0.4) is 0 Å². The Kier molecular flexibility index (Phi) is 5.41. The second-order valence-electron chi connectivity index (χ2n) is 7.83. The first-order chi connectivity index (χ1) is 13.2. The summed E-state index contributed by atoms with van der Waals surface area (Å²) in [5, 5.41) is 4.12. The van der Waals surface area contributed by atoms with Gasteiger partial charge in [-0.05, 0) is 44.2 Å². The molecule has 1 amide bonds. The van der Waals surface area contributed by atoms with Gasteiger partial charge in [-0.15, -0.1) is 0 Å². The van der Waals surface area contributed by atoms with Gasteiger partial charge in [0, 0.05) is 25.4 Å². The van der Waals surface area contributed by atoms with E-state index in [1.54, 1.807) is 0 Å². The van der Waals surface area contributed by atoms with E-state index in [1.165, 1.54) is 31.2 Å². The van der Waals surface area contributed by atoms with Crippen molar-refractivity contribution in [3.05, 3.63) is 41.5 Å². The van der Waals surface area contributed by atoms with Gasteiger partial charge in [-0.1, -0.05) is 35.7 Å². The molecule has 1 aromatic carbocycles. The summed E-state index contributed by atoms with van der Waals surface area (Å²) in [4.78, 5) is 19.0. The van der Waals surface area contributed by atoms with E-state index in [-0.39, 0.29) is 18.4 Å². The molecule has 144 valence electrons. The Bertz CT molecular complexity index is 765. The van der Waals surface area contributed by atoms with Gasteiger partial charge in [-0.3, -0.25) is 4.79 Å². The van der Waals surface area contributed by atoms with E-state index in [9.17, 15) is 4.79 Å². The Hall–Kier alpha value is -2.37. The molecule has 2 fully saturated rings. The molecule has 0 spiro atoms. The molecule has 1 aromatic heterocycles. The number of likely N-dealkylation sites (tertiary alicyclic amines) is 1.